The summed E-state index contributed by atoms with van der Waals surface area (Å²) in [5.41, 5.74) is 1.49. The van der Waals surface area contributed by atoms with Gasteiger partial charge in [-0.15, -0.1) is 0 Å². The maximum Gasteiger partial charge on any atom is 0.224 e. The number of anilines is 2. The van der Waals surface area contributed by atoms with Gasteiger partial charge in [0.05, 0.1) is 0 Å². The average Bonchev–Trinajstić information content (AvgIpc) is 2.41. The summed E-state index contributed by atoms with van der Waals surface area (Å²) in [4.78, 5) is 22.9. The molecule has 1 aliphatic heterocycles. The van der Waals surface area contributed by atoms with Gasteiger partial charge in [-0.3, -0.25) is 9.59 Å². The fraction of sp³-hybridized carbons (Fsp3) is 0.467. The van der Waals surface area contributed by atoms with Crippen LogP contribution in [0.1, 0.15) is 26.2 Å². The lowest BCUT2D eigenvalue weighted by Crippen LogP contribution is -2.30. The molecule has 0 aliphatic carbocycles. The Morgan fingerprint density at radius 3 is 2.20 bits per heavy atom. The van der Waals surface area contributed by atoms with E-state index in [-0.39, 0.29) is 11.8 Å². The van der Waals surface area contributed by atoms with E-state index in [2.05, 4.69) is 16.0 Å². The molecule has 0 unspecified atom stereocenters. The number of hydrogen-bond acceptors (Lipinski definition) is 3. The third-order valence-corrected chi connectivity index (χ3v) is 3.42. The molecule has 1 heterocycles. The van der Waals surface area contributed by atoms with Crippen LogP contribution in [0.25, 0.3) is 0 Å². The molecule has 20 heavy (non-hydrogen) atoms. The van der Waals surface area contributed by atoms with Gasteiger partial charge in [-0.1, -0.05) is 0 Å². The standard InChI is InChI=1S/C15H21N3O2/c1-11(19)17-13-2-4-14(5-3-13)18-15(20)10-12-6-8-16-9-7-12/h2-5,12,16H,6-10H2,1H3,(H,17,19)(H,18,20). The van der Waals surface area contributed by atoms with E-state index < -0.39 is 0 Å². The van der Waals surface area contributed by atoms with Crippen LogP contribution in [0.2, 0.25) is 0 Å². The van der Waals surface area contributed by atoms with Crippen molar-refractivity contribution in [2.75, 3.05) is 23.7 Å². The molecule has 5 nitrogen and oxygen atoms in total. The highest BCUT2D eigenvalue weighted by Gasteiger charge is 2.16. The Labute approximate surface area is 119 Å². The Kier molecular flexibility index (Phi) is 5.12. The van der Waals surface area contributed by atoms with Crippen molar-refractivity contribution in [2.45, 2.75) is 26.2 Å². The summed E-state index contributed by atoms with van der Waals surface area (Å²) in [5.74, 6) is 0.437. The summed E-state index contributed by atoms with van der Waals surface area (Å²) in [7, 11) is 0. The fourth-order valence-electron chi connectivity index (χ4n) is 2.40. The zero-order valence-corrected chi connectivity index (χ0v) is 11.7. The first-order valence-electron chi connectivity index (χ1n) is 7.02. The van der Waals surface area contributed by atoms with Gasteiger partial charge < -0.3 is 16.0 Å². The zero-order chi connectivity index (χ0) is 14.4. The molecule has 0 saturated carbocycles. The van der Waals surface area contributed by atoms with E-state index in [1.165, 1.54) is 6.92 Å². The van der Waals surface area contributed by atoms with Crippen molar-refractivity contribution in [1.82, 2.24) is 5.32 Å². The average molecular weight is 275 g/mol. The van der Waals surface area contributed by atoms with E-state index in [0.717, 1.165) is 37.3 Å². The molecule has 0 radical (unpaired) electrons. The predicted molar refractivity (Wildman–Crippen MR) is 79.6 cm³/mol. The fourth-order valence-corrected chi connectivity index (χ4v) is 2.40. The molecule has 0 atom stereocenters. The van der Waals surface area contributed by atoms with Crippen molar-refractivity contribution in [3.63, 3.8) is 0 Å². The van der Waals surface area contributed by atoms with Gasteiger partial charge in [-0.2, -0.15) is 0 Å². The Morgan fingerprint density at radius 2 is 1.65 bits per heavy atom. The van der Waals surface area contributed by atoms with Crippen LogP contribution in [0.3, 0.4) is 0 Å². The van der Waals surface area contributed by atoms with Gasteiger partial charge in [0.15, 0.2) is 0 Å². The van der Waals surface area contributed by atoms with E-state index in [1.54, 1.807) is 24.3 Å². The number of hydrogen-bond donors (Lipinski definition) is 3. The van der Waals surface area contributed by atoms with Gasteiger partial charge in [0, 0.05) is 24.7 Å². The van der Waals surface area contributed by atoms with E-state index in [1.807, 2.05) is 0 Å². The summed E-state index contributed by atoms with van der Waals surface area (Å²) in [6.45, 7) is 3.47. The molecule has 3 N–H and O–H groups in total. The lowest BCUT2D eigenvalue weighted by Gasteiger charge is -2.21. The normalized spacial score (nSPS) is 15.7. The SMILES string of the molecule is CC(=O)Nc1ccc(NC(=O)CC2CCNCC2)cc1. The largest absolute Gasteiger partial charge is 0.326 e. The van der Waals surface area contributed by atoms with Gasteiger partial charge in [0.1, 0.15) is 0 Å². The van der Waals surface area contributed by atoms with Gasteiger partial charge in [-0.25, -0.2) is 0 Å². The minimum Gasteiger partial charge on any atom is -0.326 e. The second-order valence-corrected chi connectivity index (χ2v) is 5.20. The predicted octanol–water partition coefficient (Wildman–Crippen LogP) is 1.97. The molecular formula is C15H21N3O2. The number of rotatable bonds is 4. The van der Waals surface area contributed by atoms with Crippen LogP contribution in [-0.4, -0.2) is 24.9 Å². The van der Waals surface area contributed by atoms with Crippen LogP contribution in [-0.2, 0) is 9.59 Å². The van der Waals surface area contributed by atoms with Crippen LogP contribution >= 0.6 is 0 Å². The molecule has 2 rings (SSSR count). The van der Waals surface area contributed by atoms with E-state index in [4.69, 9.17) is 0 Å². The topological polar surface area (TPSA) is 70.2 Å². The maximum atomic E-state index is 11.9. The molecule has 1 saturated heterocycles. The highest BCUT2D eigenvalue weighted by Crippen LogP contribution is 2.18. The summed E-state index contributed by atoms with van der Waals surface area (Å²) >= 11 is 0. The molecule has 1 aromatic carbocycles. The molecule has 0 aromatic heterocycles. The summed E-state index contributed by atoms with van der Waals surface area (Å²) in [6.07, 6.45) is 2.71. The molecule has 0 spiro atoms. The smallest absolute Gasteiger partial charge is 0.224 e. The molecule has 5 heteroatoms. The molecule has 1 aromatic rings. The Bertz CT molecular complexity index is 465. The minimum absolute atomic E-state index is 0.0594. The molecule has 2 amide bonds. The quantitative estimate of drug-likeness (QED) is 0.787. The molecular weight excluding hydrogens is 254 g/mol. The summed E-state index contributed by atoms with van der Waals surface area (Å²) in [5, 5.41) is 8.88. The highest BCUT2D eigenvalue weighted by atomic mass is 16.2. The Balaban J connectivity index is 1.82. The number of piperidine rings is 1. The molecule has 0 bridgehead atoms. The van der Waals surface area contributed by atoms with Crippen LogP contribution in [0.4, 0.5) is 11.4 Å². The van der Waals surface area contributed by atoms with Crippen molar-refractivity contribution >= 4 is 23.2 Å². The third-order valence-electron chi connectivity index (χ3n) is 3.42. The Hall–Kier alpha value is -1.88. The lowest BCUT2D eigenvalue weighted by atomic mass is 9.94. The summed E-state index contributed by atoms with van der Waals surface area (Å²) in [6, 6.07) is 7.15. The van der Waals surface area contributed by atoms with Crippen LogP contribution in [0.5, 0.6) is 0 Å². The van der Waals surface area contributed by atoms with Gasteiger partial charge in [0.2, 0.25) is 11.8 Å². The number of benzene rings is 1. The van der Waals surface area contributed by atoms with Crippen molar-refractivity contribution in [1.29, 1.82) is 0 Å². The molecule has 108 valence electrons. The van der Waals surface area contributed by atoms with Crippen molar-refractivity contribution in [3.8, 4) is 0 Å². The van der Waals surface area contributed by atoms with E-state index in [9.17, 15) is 9.59 Å². The number of carbonyl (C=O) groups excluding carboxylic acids is 2. The number of nitrogens with one attached hydrogen (secondary N) is 3. The minimum atomic E-state index is -0.104. The zero-order valence-electron chi connectivity index (χ0n) is 11.7. The van der Waals surface area contributed by atoms with E-state index in [0.29, 0.717) is 12.3 Å². The maximum absolute atomic E-state index is 11.9. The Morgan fingerprint density at radius 1 is 1.10 bits per heavy atom. The van der Waals surface area contributed by atoms with Gasteiger partial charge >= 0.3 is 0 Å². The van der Waals surface area contributed by atoms with Crippen LogP contribution < -0.4 is 16.0 Å². The monoisotopic (exact) mass is 275 g/mol. The van der Waals surface area contributed by atoms with Crippen LogP contribution in [0.15, 0.2) is 24.3 Å². The first-order chi connectivity index (χ1) is 9.63. The van der Waals surface area contributed by atoms with E-state index >= 15 is 0 Å². The first-order valence-corrected chi connectivity index (χ1v) is 7.02. The van der Waals surface area contributed by atoms with Gasteiger partial charge in [0.25, 0.3) is 0 Å². The van der Waals surface area contributed by atoms with Crippen molar-refractivity contribution < 1.29 is 9.59 Å². The van der Waals surface area contributed by atoms with Crippen molar-refractivity contribution in [2.24, 2.45) is 5.92 Å². The van der Waals surface area contributed by atoms with Crippen molar-refractivity contribution in [3.05, 3.63) is 24.3 Å². The first kappa shape index (κ1) is 14.5. The number of amides is 2. The highest BCUT2D eigenvalue weighted by molar-refractivity contribution is 5.92. The van der Waals surface area contributed by atoms with Gasteiger partial charge in [-0.05, 0) is 56.1 Å². The summed E-state index contributed by atoms with van der Waals surface area (Å²) < 4.78 is 0. The second kappa shape index (κ2) is 7.05. The second-order valence-electron chi connectivity index (χ2n) is 5.20. The lowest BCUT2D eigenvalue weighted by molar-refractivity contribution is -0.117. The third kappa shape index (κ3) is 4.66. The number of carbonyl (C=O) groups is 2. The molecule has 1 aliphatic rings. The van der Waals surface area contributed by atoms with Crippen LogP contribution in [0, 0.1) is 5.92 Å². The molecule has 1 fully saturated rings.